The fourth-order valence-electron chi connectivity index (χ4n) is 2.75. The highest BCUT2D eigenvalue weighted by Crippen LogP contribution is 2.07. The molecule has 1 amide bonds. The standard InChI is InChI=1S/C15H31N3O/c1-11(2)6-7-12(3)17-15(19)10-18-8-13(4)16-14(5)9-18/h11-14,16H,6-10H2,1-5H3,(H,17,19). The van der Waals surface area contributed by atoms with Gasteiger partial charge in [0.15, 0.2) is 0 Å². The average molecular weight is 269 g/mol. The summed E-state index contributed by atoms with van der Waals surface area (Å²) in [5.74, 6) is 0.867. The minimum atomic E-state index is 0.164. The van der Waals surface area contributed by atoms with Crippen LogP contribution in [0.4, 0.5) is 0 Å². The van der Waals surface area contributed by atoms with E-state index in [2.05, 4.69) is 50.2 Å². The van der Waals surface area contributed by atoms with Crippen LogP contribution >= 0.6 is 0 Å². The molecule has 4 heteroatoms. The Morgan fingerprint density at radius 1 is 1.21 bits per heavy atom. The van der Waals surface area contributed by atoms with Gasteiger partial charge in [-0.15, -0.1) is 0 Å². The lowest BCUT2D eigenvalue weighted by atomic mass is 10.0. The highest BCUT2D eigenvalue weighted by Gasteiger charge is 2.22. The van der Waals surface area contributed by atoms with E-state index in [-0.39, 0.29) is 11.9 Å². The van der Waals surface area contributed by atoms with E-state index in [4.69, 9.17) is 0 Å². The molecule has 4 nitrogen and oxygen atoms in total. The maximum atomic E-state index is 12.0. The third kappa shape index (κ3) is 6.92. The number of hydrogen-bond donors (Lipinski definition) is 2. The molecule has 0 aliphatic carbocycles. The summed E-state index contributed by atoms with van der Waals surface area (Å²) >= 11 is 0. The molecule has 3 atom stereocenters. The van der Waals surface area contributed by atoms with Crippen LogP contribution in [0.1, 0.15) is 47.5 Å². The van der Waals surface area contributed by atoms with Crippen LogP contribution in [0.15, 0.2) is 0 Å². The highest BCUT2D eigenvalue weighted by molar-refractivity contribution is 5.78. The summed E-state index contributed by atoms with van der Waals surface area (Å²) in [5, 5.41) is 6.59. The molecule has 0 aromatic heterocycles. The Labute approximate surface area is 118 Å². The summed E-state index contributed by atoms with van der Waals surface area (Å²) in [4.78, 5) is 14.3. The van der Waals surface area contributed by atoms with E-state index < -0.39 is 0 Å². The van der Waals surface area contributed by atoms with Crippen molar-refractivity contribution in [2.45, 2.75) is 65.6 Å². The zero-order chi connectivity index (χ0) is 14.4. The number of nitrogens with one attached hydrogen (secondary N) is 2. The molecule has 0 spiro atoms. The molecule has 1 saturated heterocycles. The molecular formula is C15H31N3O. The van der Waals surface area contributed by atoms with E-state index in [1.54, 1.807) is 0 Å². The second-order valence-corrected chi connectivity index (χ2v) is 6.60. The van der Waals surface area contributed by atoms with Crippen LogP contribution in [0.3, 0.4) is 0 Å². The molecule has 3 unspecified atom stereocenters. The van der Waals surface area contributed by atoms with Crippen molar-refractivity contribution < 1.29 is 4.79 Å². The van der Waals surface area contributed by atoms with Crippen LogP contribution in [-0.2, 0) is 4.79 Å². The number of amides is 1. The maximum absolute atomic E-state index is 12.0. The lowest BCUT2D eigenvalue weighted by molar-refractivity contribution is -0.123. The molecular weight excluding hydrogens is 238 g/mol. The first-order valence-electron chi connectivity index (χ1n) is 7.64. The van der Waals surface area contributed by atoms with Gasteiger partial charge in [-0.2, -0.15) is 0 Å². The Morgan fingerprint density at radius 2 is 1.79 bits per heavy atom. The van der Waals surface area contributed by atoms with E-state index in [1.807, 2.05) is 0 Å². The van der Waals surface area contributed by atoms with Gasteiger partial charge in [-0.3, -0.25) is 9.69 Å². The minimum Gasteiger partial charge on any atom is -0.353 e. The molecule has 1 rings (SSSR count). The Bertz CT molecular complexity index is 271. The van der Waals surface area contributed by atoms with Gasteiger partial charge in [0.05, 0.1) is 6.54 Å². The van der Waals surface area contributed by atoms with Crippen LogP contribution < -0.4 is 10.6 Å². The second kappa shape index (κ2) is 7.85. The van der Waals surface area contributed by atoms with E-state index in [9.17, 15) is 4.79 Å². The molecule has 0 aromatic carbocycles. The molecule has 1 heterocycles. The van der Waals surface area contributed by atoms with Crippen LogP contribution in [0, 0.1) is 5.92 Å². The third-order valence-corrected chi connectivity index (χ3v) is 3.58. The van der Waals surface area contributed by atoms with Crippen molar-refractivity contribution in [3.8, 4) is 0 Å². The van der Waals surface area contributed by atoms with Gasteiger partial charge in [0, 0.05) is 31.2 Å². The highest BCUT2D eigenvalue weighted by atomic mass is 16.2. The molecule has 19 heavy (non-hydrogen) atoms. The van der Waals surface area contributed by atoms with Crippen molar-refractivity contribution in [2.24, 2.45) is 5.92 Å². The summed E-state index contributed by atoms with van der Waals surface area (Å²) in [5.41, 5.74) is 0. The van der Waals surface area contributed by atoms with Gasteiger partial charge in [0.25, 0.3) is 0 Å². The second-order valence-electron chi connectivity index (χ2n) is 6.60. The number of piperazine rings is 1. The number of rotatable bonds is 6. The van der Waals surface area contributed by atoms with Crippen molar-refractivity contribution >= 4 is 5.91 Å². The van der Waals surface area contributed by atoms with Crippen LogP contribution in [0.5, 0.6) is 0 Å². The minimum absolute atomic E-state index is 0.164. The Kier molecular flexibility index (Phi) is 6.80. The summed E-state index contributed by atoms with van der Waals surface area (Å²) in [6, 6.07) is 1.22. The lowest BCUT2D eigenvalue weighted by Crippen LogP contribution is -2.56. The number of nitrogens with zero attached hydrogens (tertiary/aromatic N) is 1. The smallest absolute Gasteiger partial charge is 0.234 e. The maximum Gasteiger partial charge on any atom is 0.234 e. The van der Waals surface area contributed by atoms with Crippen molar-refractivity contribution in [3.05, 3.63) is 0 Å². The van der Waals surface area contributed by atoms with Crippen LogP contribution in [0.2, 0.25) is 0 Å². The molecule has 1 fully saturated rings. The Balaban J connectivity index is 2.26. The fraction of sp³-hybridized carbons (Fsp3) is 0.933. The molecule has 112 valence electrons. The largest absolute Gasteiger partial charge is 0.353 e. The van der Waals surface area contributed by atoms with Crippen molar-refractivity contribution in [2.75, 3.05) is 19.6 Å². The van der Waals surface area contributed by atoms with E-state index >= 15 is 0 Å². The van der Waals surface area contributed by atoms with Gasteiger partial charge < -0.3 is 10.6 Å². The molecule has 0 saturated carbocycles. The number of hydrogen-bond acceptors (Lipinski definition) is 3. The first-order chi connectivity index (χ1) is 8.86. The third-order valence-electron chi connectivity index (χ3n) is 3.58. The molecule has 1 aliphatic heterocycles. The zero-order valence-electron chi connectivity index (χ0n) is 13.2. The molecule has 2 N–H and O–H groups in total. The van der Waals surface area contributed by atoms with Crippen molar-refractivity contribution in [1.82, 2.24) is 15.5 Å². The normalized spacial score (nSPS) is 26.4. The lowest BCUT2D eigenvalue weighted by Gasteiger charge is -2.35. The predicted molar refractivity (Wildman–Crippen MR) is 80.2 cm³/mol. The molecule has 1 aliphatic rings. The monoisotopic (exact) mass is 269 g/mol. The van der Waals surface area contributed by atoms with Crippen molar-refractivity contribution in [1.29, 1.82) is 0 Å². The van der Waals surface area contributed by atoms with Gasteiger partial charge in [-0.05, 0) is 39.5 Å². The quantitative estimate of drug-likeness (QED) is 0.770. The van der Waals surface area contributed by atoms with Gasteiger partial charge in [0.2, 0.25) is 5.91 Å². The molecule has 0 bridgehead atoms. The summed E-state index contributed by atoms with van der Waals surface area (Å²) in [7, 11) is 0. The Morgan fingerprint density at radius 3 is 2.32 bits per heavy atom. The van der Waals surface area contributed by atoms with Gasteiger partial charge >= 0.3 is 0 Å². The fourth-order valence-corrected chi connectivity index (χ4v) is 2.75. The summed E-state index contributed by atoms with van der Waals surface area (Å²) in [6.45, 7) is 13.3. The Hall–Kier alpha value is -0.610. The van der Waals surface area contributed by atoms with Gasteiger partial charge in [0.1, 0.15) is 0 Å². The van der Waals surface area contributed by atoms with Gasteiger partial charge in [-0.1, -0.05) is 13.8 Å². The first kappa shape index (κ1) is 16.4. The van der Waals surface area contributed by atoms with Crippen LogP contribution in [-0.4, -0.2) is 48.6 Å². The summed E-state index contributed by atoms with van der Waals surface area (Å²) in [6.07, 6.45) is 2.24. The first-order valence-corrected chi connectivity index (χ1v) is 7.64. The zero-order valence-corrected chi connectivity index (χ0v) is 13.2. The molecule has 0 radical (unpaired) electrons. The average Bonchev–Trinajstić information content (AvgIpc) is 2.24. The van der Waals surface area contributed by atoms with E-state index in [1.165, 1.54) is 6.42 Å². The number of carbonyl (C=O) groups is 1. The molecule has 0 aromatic rings. The van der Waals surface area contributed by atoms with Gasteiger partial charge in [-0.25, -0.2) is 0 Å². The van der Waals surface area contributed by atoms with Crippen LogP contribution in [0.25, 0.3) is 0 Å². The number of carbonyl (C=O) groups excluding carboxylic acids is 1. The SMILES string of the molecule is CC(C)CCC(C)NC(=O)CN1CC(C)NC(C)C1. The summed E-state index contributed by atoms with van der Waals surface area (Å²) < 4.78 is 0. The van der Waals surface area contributed by atoms with E-state index in [0.717, 1.165) is 19.5 Å². The van der Waals surface area contributed by atoms with E-state index in [0.29, 0.717) is 24.5 Å². The predicted octanol–water partition coefficient (Wildman–Crippen LogP) is 1.61. The van der Waals surface area contributed by atoms with Crippen molar-refractivity contribution in [3.63, 3.8) is 0 Å². The topological polar surface area (TPSA) is 44.4 Å².